The molecule has 0 amide bonds. The van der Waals surface area contributed by atoms with E-state index in [0.29, 0.717) is 0 Å². The average Bonchev–Trinajstić information content (AvgIpc) is 3.89. The second-order valence-electron chi connectivity index (χ2n) is 14.9. The molecule has 12 rings (SSSR count). The summed E-state index contributed by atoms with van der Waals surface area (Å²) in [7, 11) is 0. The van der Waals surface area contributed by atoms with Gasteiger partial charge in [-0.1, -0.05) is 133 Å². The number of hydrogen-bond donors (Lipinski definition) is 0. The van der Waals surface area contributed by atoms with Crippen LogP contribution in [0.3, 0.4) is 0 Å². The first-order valence-corrected chi connectivity index (χ1v) is 19.1. The Morgan fingerprint density at radius 2 is 0.909 bits per heavy atom. The highest BCUT2D eigenvalue weighted by Gasteiger charge is 2.23. The van der Waals surface area contributed by atoms with Gasteiger partial charge in [0.1, 0.15) is 0 Å². The van der Waals surface area contributed by atoms with Gasteiger partial charge in [0.05, 0.1) is 27.8 Å². The van der Waals surface area contributed by atoms with Crippen molar-refractivity contribution in [2.75, 3.05) is 0 Å². The Morgan fingerprint density at radius 1 is 0.309 bits per heavy atom. The van der Waals surface area contributed by atoms with Gasteiger partial charge >= 0.3 is 0 Å². The molecule has 0 spiro atoms. The van der Waals surface area contributed by atoms with Gasteiger partial charge in [-0.2, -0.15) is 0 Å². The van der Waals surface area contributed by atoms with E-state index in [0.717, 1.165) is 12.1 Å². The fourth-order valence-corrected chi connectivity index (χ4v) is 9.35. The molecule has 2 heterocycles. The van der Waals surface area contributed by atoms with Crippen LogP contribution in [0, 0.1) is 0 Å². The van der Waals surface area contributed by atoms with Gasteiger partial charge in [-0.15, -0.1) is 0 Å². The van der Waals surface area contributed by atoms with E-state index in [-0.39, 0.29) is 0 Å². The highest BCUT2D eigenvalue weighted by Crippen LogP contribution is 2.44. The number of hydrogen-bond acceptors (Lipinski definition) is 0. The lowest BCUT2D eigenvalue weighted by Gasteiger charge is -2.12. The zero-order valence-corrected chi connectivity index (χ0v) is 30.1. The molecule has 256 valence electrons. The van der Waals surface area contributed by atoms with Crippen LogP contribution < -0.4 is 0 Å². The number of para-hydroxylation sites is 1. The van der Waals surface area contributed by atoms with Crippen LogP contribution in [0.5, 0.6) is 0 Å². The van der Waals surface area contributed by atoms with Crippen molar-refractivity contribution < 1.29 is 0 Å². The molecule has 0 radical (unpaired) electrons. The Balaban J connectivity index is 1.05. The number of rotatable bonds is 4. The predicted molar refractivity (Wildman–Crippen MR) is 232 cm³/mol. The molecule has 0 saturated heterocycles. The second kappa shape index (κ2) is 11.7. The lowest BCUT2D eigenvalue weighted by molar-refractivity contribution is 1.18. The number of nitrogens with zero attached hydrogens (tertiary/aromatic N) is 2. The maximum absolute atomic E-state index is 2.50. The Kier molecular flexibility index (Phi) is 6.43. The molecule has 0 unspecified atom stereocenters. The third kappa shape index (κ3) is 4.55. The minimum absolute atomic E-state index is 0.967. The van der Waals surface area contributed by atoms with E-state index in [1.54, 1.807) is 0 Å². The van der Waals surface area contributed by atoms with E-state index >= 15 is 0 Å². The van der Waals surface area contributed by atoms with Crippen molar-refractivity contribution in [2.45, 2.75) is 6.42 Å². The fourth-order valence-electron chi connectivity index (χ4n) is 9.35. The Labute approximate surface area is 318 Å². The summed E-state index contributed by atoms with van der Waals surface area (Å²) in [4.78, 5) is 0. The SMILES string of the molecule is c1ccc(-c2ccc(-n3c4ccccc4c4cc(-c5ccc6c(c5)c5cc7c(cc5n6-c5cccc6ccccc56)Cc5ccccc5-7)ccc43)cc2)cc1. The van der Waals surface area contributed by atoms with Crippen LogP contribution in [0.15, 0.2) is 194 Å². The van der Waals surface area contributed by atoms with Gasteiger partial charge < -0.3 is 9.13 Å². The van der Waals surface area contributed by atoms with Gasteiger partial charge in [0.15, 0.2) is 0 Å². The normalized spacial score (nSPS) is 12.3. The van der Waals surface area contributed by atoms with Gasteiger partial charge in [0.2, 0.25) is 0 Å². The smallest absolute Gasteiger partial charge is 0.0544 e. The molecule has 9 aromatic carbocycles. The molecule has 1 aliphatic rings. The van der Waals surface area contributed by atoms with Gasteiger partial charge in [0.25, 0.3) is 0 Å². The van der Waals surface area contributed by atoms with Crippen molar-refractivity contribution in [1.29, 1.82) is 0 Å². The average molecular weight is 699 g/mol. The molecule has 55 heavy (non-hydrogen) atoms. The Bertz CT molecular complexity index is 3320. The van der Waals surface area contributed by atoms with Gasteiger partial charge in [-0.05, 0) is 117 Å². The molecule has 0 aliphatic heterocycles. The molecule has 2 heteroatoms. The number of fused-ring (bicyclic) bond motifs is 10. The highest BCUT2D eigenvalue weighted by atomic mass is 15.0. The van der Waals surface area contributed by atoms with Crippen LogP contribution in [0.2, 0.25) is 0 Å². The van der Waals surface area contributed by atoms with E-state index in [9.17, 15) is 0 Å². The van der Waals surface area contributed by atoms with Gasteiger partial charge in [0, 0.05) is 32.6 Å². The molecule has 0 atom stereocenters. The summed E-state index contributed by atoms with van der Waals surface area (Å²) in [5.41, 5.74) is 17.7. The zero-order chi connectivity index (χ0) is 36.0. The summed E-state index contributed by atoms with van der Waals surface area (Å²) in [6, 6.07) is 71.7. The summed E-state index contributed by atoms with van der Waals surface area (Å²) >= 11 is 0. The summed E-state index contributed by atoms with van der Waals surface area (Å²) in [6.45, 7) is 0. The maximum atomic E-state index is 2.50. The van der Waals surface area contributed by atoms with Gasteiger partial charge in [-0.3, -0.25) is 0 Å². The molecule has 0 bridgehead atoms. The summed E-state index contributed by atoms with van der Waals surface area (Å²) in [6.07, 6.45) is 0.967. The lowest BCUT2D eigenvalue weighted by Crippen LogP contribution is -1.96. The monoisotopic (exact) mass is 698 g/mol. The first-order valence-electron chi connectivity index (χ1n) is 19.1. The summed E-state index contributed by atoms with van der Waals surface area (Å²) < 4.78 is 4.91. The second-order valence-corrected chi connectivity index (χ2v) is 14.9. The first-order chi connectivity index (χ1) is 27.3. The van der Waals surface area contributed by atoms with Crippen LogP contribution in [0.25, 0.3) is 99.1 Å². The summed E-state index contributed by atoms with van der Waals surface area (Å²) in [5.74, 6) is 0. The van der Waals surface area contributed by atoms with E-state index < -0.39 is 0 Å². The largest absolute Gasteiger partial charge is 0.309 e. The van der Waals surface area contributed by atoms with Crippen molar-refractivity contribution in [1.82, 2.24) is 9.13 Å². The minimum Gasteiger partial charge on any atom is -0.309 e. The van der Waals surface area contributed by atoms with Crippen LogP contribution in [0.1, 0.15) is 11.1 Å². The molecule has 0 fully saturated rings. The molecule has 2 aromatic heterocycles. The van der Waals surface area contributed by atoms with E-state index in [1.165, 1.54) is 105 Å². The Morgan fingerprint density at radius 3 is 1.75 bits per heavy atom. The third-order valence-corrected chi connectivity index (χ3v) is 11.9. The molecule has 0 N–H and O–H groups in total. The minimum atomic E-state index is 0.967. The molecule has 2 nitrogen and oxygen atoms in total. The van der Waals surface area contributed by atoms with Crippen molar-refractivity contribution in [3.8, 4) is 44.8 Å². The van der Waals surface area contributed by atoms with Crippen LogP contribution in [-0.4, -0.2) is 9.13 Å². The van der Waals surface area contributed by atoms with Crippen molar-refractivity contribution in [3.63, 3.8) is 0 Å². The van der Waals surface area contributed by atoms with E-state index in [2.05, 4.69) is 203 Å². The third-order valence-electron chi connectivity index (χ3n) is 11.9. The molecule has 0 saturated carbocycles. The van der Waals surface area contributed by atoms with Crippen molar-refractivity contribution in [2.24, 2.45) is 0 Å². The zero-order valence-electron chi connectivity index (χ0n) is 30.1. The summed E-state index contributed by atoms with van der Waals surface area (Å²) in [5, 5.41) is 7.58. The highest BCUT2D eigenvalue weighted by molar-refractivity contribution is 6.14. The van der Waals surface area contributed by atoms with Crippen molar-refractivity contribution in [3.05, 3.63) is 205 Å². The van der Waals surface area contributed by atoms with E-state index in [4.69, 9.17) is 0 Å². The lowest BCUT2D eigenvalue weighted by atomic mass is 9.99. The van der Waals surface area contributed by atoms with Crippen molar-refractivity contribution >= 4 is 54.4 Å². The predicted octanol–water partition coefficient (Wildman–Crippen LogP) is 13.9. The van der Waals surface area contributed by atoms with Crippen LogP contribution >= 0.6 is 0 Å². The molecular formula is C53H34N2. The first kappa shape index (κ1) is 30.3. The fraction of sp³-hybridized carbons (Fsp3) is 0.0189. The Hall–Kier alpha value is -7.16. The van der Waals surface area contributed by atoms with Gasteiger partial charge in [-0.25, -0.2) is 0 Å². The number of aromatic nitrogens is 2. The van der Waals surface area contributed by atoms with Crippen LogP contribution in [-0.2, 0) is 6.42 Å². The molecule has 11 aromatic rings. The van der Waals surface area contributed by atoms with Crippen LogP contribution in [0.4, 0.5) is 0 Å². The quantitative estimate of drug-likeness (QED) is 0.173. The van der Waals surface area contributed by atoms with E-state index in [1.807, 2.05) is 0 Å². The molecule has 1 aliphatic carbocycles. The standard InChI is InChI=1S/C53H34N2/c1-2-11-34(12-3-1)35-21-25-41(26-22-35)54-50-19-9-8-18-44(50)46-30-37(23-27-51(46)54)38-24-28-52-47(31-38)48-33-45-40(29-39-14-5-6-16-42(39)45)32-53(48)55(52)49-20-10-15-36-13-4-7-17-43(36)49/h1-28,30-33H,29H2. The molecular weight excluding hydrogens is 665 g/mol. The number of benzene rings is 9. The topological polar surface area (TPSA) is 9.86 Å². The maximum Gasteiger partial charge on any atom is 0.0544 e.